The molecule has 2 aliphatic rings. The van der Waals surface area contributed by atoms with Crippen molar-refractivity contribution >= 4 is 66.9 Å². The van der Waals surface area contributed by atoms with Crippen LogP contribution in [-0.2, 0) is 0 Å². The number of nitrogens with one attached hydrogen (secondary N) is 2. The number of hydrogen-bond donors (Lipinski definition) is 2. The largest absolute Gasteiger partial charge is 0.371 e. The van der Waals surface area contributed by atoms with Crippen LogP contribution in [0.4, 0.5) is 22.7 Å². The molecule has 0 aliphatic carbocycles. The molecule has 5 heterocycles. The molecule has 7 aromatic rings. The molecule has 0 amide bonds. The van der Waals surface area contributed by atoms with Gasteiger partial charge in [0.05, 0.1) is 21.9 Å². The number of fused-ring (bicyclic) bond motifs is 20. The Hall–Kier alpha value is -6.56. The maximum atomic E-state index is 5.69. The molecular formula is C64H86N12. The van der Waals surface area contributed by atoms with Gasteiger partial charge < -0.3 is 29.6 Å². The molecule has 3 aromatic heterocycles. The highest BCUT2D eigenvalue weighted by Crippen LogP contribution is 2.45. The zero-order chi connectivity index (χ0) is 53.0. The Balaban J connectivity index is 1.45. The first-order valence-electron chi connectivity index (χ1n) is 29.7. The summed E-state index contributed by atoms with van der Waals surface area (Å²) in [5, 5.41) is 4.12. The van der Waals surface area contributed by atoms with E-state index < -0.39 is 0 Å². The number of hydrogen-bond acceptors (Lipinski definition) is 10. The van der Waals surface area contributed by atoms with Crippen molar-refractivity contribution in [3.05, 3.63) is 72.8 Å². The number of aromatic amines is 2. The SMILES string of the molecule is CCCCN(CCCC)c1cccc2c1-c1nc-2nc2[nH]c(nc3nc(nc4[nH]c(n1)c1cccc(N(CCCC)CCCC)c41)-c1cccc(N(CCCC)CCCC)c1-3)c1cccc(N(CCCC)CCCC)c21. The van der Waals surface area contributed by atoms with Crippen molar-refractivity contribution in [2.45, 2.75) is 158 Å². The predicted molar refractivity (Wildman–Crippen MR) is 324 cm³/mol. The third-order valence-electron chi connectivity index (χ3n) is 15.5. The van der Waals surface area contributed by atoms with Crippen LogP contribution >= 0.6 is 0 Å². The van der Waals surface area contributed by atoms with E-state index in [-0.39, 0.29) is 0 Å². The smallest absolute Gasteiger partial charge is 0.166 e. The predicted octanol–water partition coefficient (Wildman–Crippen LogP) is 16.5. The number of H-pyrrole nitrogens is 2. The molecule has 0 radical (unpaired) electrons. The Bertz CT molecular complexity index is 2980. The van der Waals surface area contributed by atoms with E-state index in [9.17, 15) is 0 Å². The second-order valence-corrected chi connectivity index (χ2v) is 21.2. The number of anilines is 4. The van der Waals surface area contributed by atoms with Crippen LogP contribution in [0.1, 0.15) is 158 Å². The molecule has 2 N–H and O–H groups in total. The molecule has 0 saturated heterocycles. The number of unbranched alkanes of at least 4 members (excludes halogenated alkanes) is 8. The monoisotopic (exact) mass is 1020 g/mol. The summed E-state index contributed by atoms with van der Waals surface area (Å²) in [6.45, 7) is 25.9. The molecule has 12 nitrogen and oxygen atoms in total. The summed E-state index contributed by atoms with van der Waals surface area (Å²) >= 11 is 0. The Labute approximate surface area is 453 Å². The summed E-state index contributed by atoms with van der Waals surface area (Å²) in [7, 11) is 0. The lowest BCUT2D eigenvalue weighted by molar-refractivity contribution is 0.678. The van der Waals surface area contributed by atoms with Crippen molar-refractivity contribution in [3.8, 4) is 45.6 Å². The van der Waals surface area contributed by atoms with Crippen LogP contribution < -0.4 is 19.6 Å². The van der Waals surface area contributed by atoms with Gasteiger partial charge in [-0.1, -0.05) is 155 Å². The molecular weight excluding hydrogens is 937 g/mol. The highest BCUT2D eigenvalue weighted by atomic mass is 15.2. The van der Waals surface area contributed by atoms with Gasteiger partial charge in [0, 0.05) is 97.0 Å². The minimum absolute atomic E-state index is 0.641. The lowest BCUT2D eigenvalue weighted by atomic mass is 10.0. The van der Waals surface area contributed by atoms with Crippen LogP contribution in [-0.4, -0.2) is 92.2 Å². The molecule has 0 spiro atoms. The van der Waals surface area contributed by atoms with Gasteiger partial charge >= 0.3 is 0 Å². The zero-order valence-corrected chi connectivity index (χ0v) is 47.4. The number of rotatable bonds is 28. The Morgan fingerprint density at radius 1 is 0.303 bits per heavy atom. The van der Waals surface area contributed by atoms with E-state index in [2.05, 4.69) is 158 Å². The maximum absolute atomic E-state index is 5.69. The fraction of sp³-hybridized carbons (Fsp3) is 0.500. The van der Waals surface area contributed by atoms with Crippen molar-refractivity contribution in [2.75, 3.05) is 72.0 Å². The first kappa shape index (κ1) is 54.2. The zero-order valence-electron chi connectivity index (χ0n) is 47.4. The van der Waals surface area contributed by atoms with Crippen LogP contribution in [0.2, 0.25) is 0 Å². The standard InChI is InChI=1S/C64H86N12/c1-9-17-37-73(38-18-10-2)49-33-25-29-45-53(49)61-65-57(45)70-62-55-47(31-27-35-51(55)75(41-21-13-5)42-22-14-6)59(67-62)72-64-56-48(32-28-36-52(56)76(43-23-15-7)44-24-16-8)60(68-64)71-63-54-46(58(66-63)69-61)30-26-34-50(54)74(39-19-11-3)40-20-12-4/h25-36H,9-24,37-44H2,1-8H3,(H2,65,66,67,68,69,70,71,72). The number of benzene rings is 4. The van der Waals surface area contributed by atoms with Crippen molar-refractivity contribution in [1.29, 1.82) is 0 Å². The summed E-state index contributed by atoms with van der Waals surface area (Å²) in [4.78, 5) is 51.9. The topological polar surface area (TPSA) is 122 Å². The summed E-state index contributed by atoms with van der Waals surface area (Å²) in [5.74, 6) is 2.59. The average molecular weight is 1020 g/mol. The Morgan fingerprint density at radius 2 is 0.579 bits per heavy atom. The fourth-order valence-corrected chi connectivity index (χ4v) is 11.2. The van der Waals surface area contributed by atoms with Crippen molar-refractivity contribution in [2.24, 2.45) is 0 Å². The molecule has 2 aliphatic heterocycles. The van der Waals surface area contributed by atoms with Gasteiger partial charge in [-0.05, 0) is 75.6 Å². The van der Waals surface area contributed by atoms with Gasteiger partial charge in [-0.2, -0.15) is 0 Å². The van der Waals surface area contributed by atoms with E-state index in [1.807, 2.05) is 0 Å². The molecule has 12 heteroatoms. The first-order valence-corrected chi connectivity index (χ1v) is 29.7. The quantitative estimate of drug-likeness (QED) is 0.0490. The van der Waals surface area contributed by atoms with E-state index in [1.165, 1.54) is 0 Å². The van der Waals surface area contributed by atoms with E-state index in [1.54, 1.807) is 0 Å². The fourth-order valence-electron chi connectivity index (χ4n) is 11.2. The van der Waals surface area contributed by atoms with Gasteiger partial charge in [0.1, 0.15) is 22.6 Å². The number of nitrogens with zero attached hydrogens (tertiary/aromatic N) is 10. The number of aromatic nitrogens is 8. The van der Waals surface area contributed by atoms with Gasteiger partial charge in [0.15, 0.2) is 23.3 Å². The third kappa shape index (κ3) is 11.4. The van der Waals surface area contributed by atoms with Crippen LogP contribution in [0.5, 0.6) is 0 Å². The lowest BCUT2D eigenvalue weighted by Crippen LogP contribution is -2.26. The van der Waals surface area contributed by atoms with Gasteiger partial charge in [0.2, 0.25) is 0 Å². The molecule has 76 heavy (non-hydrogen) atoms. The molecule has 0 fully saturated rings. The Kier molecular flexibility index (Phi) is 18.5. The third-order valence-corrected chi connectivity index (χ3v) is 15.5. The van der Waals surface area contributed by atoms with Gasteiger partial charge in [-0.3, -0.25) is 0 Å². The second kappa shape index (κ2) is 26.0. The minimum atomic E-state index is 0.641. The Morgan fingerprint density at radius 3 is 0.895 bits per heavy atom. The second-order valence-electron chi connectivity index (χ2n) is 21.2. The molecule has 0 saturated carbocycles. The first-order chi connectivity index (χ1) is 37.4. The van der Waals surface area contributed by atoms with Crippen molar-refractivity contribution in [1.82, 2.24) is 39.9 Å². The average Bonchev–Trinajstić information content (AvgIpc) is 4.23. The highest BCUT2D eigenvalue weighted by molar-refractivity contribution is 6.13. The van der Waals surface area contributed by atoms with Crippen LogP contribution in [0.25, 0.3) is 89.7 Å². The lowest BCUT2D eigenvalue weighted by Gasteiger charge is -2.26. The summed E-state index contributed by atoms with van der Waals surface area (Å²) in [5.41, 5.74) is 11.6. The molecule has 8 bridgehead atoms. The normalized spacial score (nSPS) is 11.9. The van der Waals surface area contributed by atoms with Crippen LogP contribution in [0, 0.1) is 0 Å². The van der Waals surface area contributed by atoms with E-state index in [0.29, 0.717) is 23.3 Å². The summed E-state index contributed by atoms with van der Waals surface area (Å²) in [6, 6.07) is 26.7. The van der Waals surface area contributed by atoms with Crippen molar-refractivity contribution in [3.63, 3.8) is 0 Å². The molecule has 402 valence electrons. The van der Waals surface area contributed by atoms with E-state index >= 15 is 0 Å². The molecule has 4 aromatic carbocycles. The highest BCUT2D eigenvalue weighted by Gasteiger charge is 2.29. The van der Waals surface area contributed by atoms with E-state index in [0.717, 1.165) is 244 Å². The van der Waals surface area contributed by atoms with Crippen LogP contribution in [0.3, 0.4) is 0 Å². The molecule has 0 atom stereocenters. The summed E-state index contributed by atoms with van der Waals surface area (Å²) < 4.78 is 0. The molecule has 9 rings (SSSR count). The van der Waals surface area contributed by atoms with Crippen molar-refractivity contribution < 1.29 is 0 Å². The maximum Gasteiger partial charge on any atom is 0.166 e. The van der Waals surface area contributed by atoms with Gasteiger partial charge in [-0.15, -0.1) is 0 Å². The van der Waals surface area contributed by atoms with Crippen LogP contribution in [0.15, 0.2) is 72.8 Å². The summed E-state index contributed by atoms with van der Waals surface area (Å²) in [6.07, 6.45) is 17.7. The van der Waals surface area contributed by atoms with Gasteiger partial charge in [0.25, 0.3) is 0 Å². The molecule has 0 unspecified atom stereocenters. The van der Waals surface area contributed by atoms with Gasteiger partial charge in [-0.25, -0.2) is 29.9 Å². The van der Waals surface area contributed by atoms with E-state index in [4.69, 9.17) is 29.9 Å². The minimum Gasteiger partial charge on any atom is -0.371 e.